The summed E-state index contributed by atoms with van der Waals surface area (Å²) in [5.74, 6) is 1.26. The summed E-state index contributed by atoms with van der Waals surface area (Å²) in [4.78, 5) is 27.7. The second-order valence-corrected chi connectivity index (χ2v) is 6.92. The summed E-state index contributed by atoms with van der Waals surface area (Å²) in [6.45, 7) is 0.109. The molecule has 1 aliphatic rings. The second-order valence-electron chi connectivity index (χ2n) is 6.92. The molecular weight excluding hydrogens is 388 g/mol. The van der Waals surface area contributed by atoms with Gasteiger partial charge in [0.2, 0.25) is 0 Å². The topological polar surface area (TPSA) is 135 Å². The molecule has 1 saturated carbocycles. The number of nitrogens with one attached hydrogen (secondary N) is 3. The number of nitro groups is 1. The van der Waals surface area contributed by atoms with Crippen molar-refractivity contribution < 1.29 is 14.5 Å². The number of benzene rings is 2. The minimum atomic E-state index is -0.487. The Labute approximate surface area is 171 Å². The first kappa shape index (κ1) is 19.4. The lowest BCUT2D eigenvalue weighted by Gasteiger charge is -2.08. The molecule has 10 heteroatoms. The molecule has 0 atom stereocenters. The molecule has 1 aromatic heterocycles. The Hall–Kier alpha value is -3.95. The van der Waals surface area contributed by atoms with Crippen molar-refractivity contribution in [1.82, 2.24) is 20.5 Å². The molecule has 3 aromatic rings. The van der Waals surface area contributed by atoms with Gasteiger partial charge in [-0.3, -0.25) is 20.0 Å². The van der Waals surface area contributed by atoms with Crippen molar-refractivity contribution in [3.63, 3.8) is 0 Å². The summed E-state index contributed by atoms with van der Waals surface area (Å²) >= 11 is 0. The number of methoxy groups -OCH3 is 1. The number of H-pyrrole nitrogens is 1. The molecule has 1 amide bonds. The van der Waals surface area contributed by atoms with Crippen LogP contribution < -0.4 is 15.4 Å². The lowest BCUT2D eigenvalue weighted by Crippen LogP contribution is -2.23. The number of anilines is 1. The first-order valence-corrected chi connectivity index (χ1v) is 9.42. The molecule has 0 radical (unpaired) electrons. The number of carbonyl (C=O) groups excluding carboxylic acids is 1. The van der Waals surface area contributed by atoms with Gasteiger partial charge in [-0.15, -0.1) is 0 Å². The summed E-state index contributed by atoms with van der Waals surface area (Å²) in [5.41, 5.74) is 1.33. The van der Waals surface area contributed by atoms with Crippen LogP contribution in [0.25, 0.3) is 11.4 Å². The number of nitro benzene ring substituents is 1. The van der Waals surface area contributed by atoms with Crippen molar-refractivity contribution in [3.8, 4) is 17.1 Å². The number of aromatic amines is 1. The fraction of sp³-hybridized carbons (Fsp3) is 0.250. The Morgan fingerprint density at radius 1 is 1.27 bits per heavy atom. The normalized spacial score (nSPS) is 13.0. The maximum absolute atomic E-state index is 12.5. The van der Waals surface area contributed by atoms with Gasteiger partial charge in [-0.1, -0.05) is 0 Å². The van der Waals surface area contributed by atoms with E-state index in [-0.39, 0.29) is 23.8 Å². The molecule has 10 nitrogen and oxygen atoms in total. The number of amides is 1. The number of carbonyl (C=O) groups is 1. The van der Waals surface area contributed by atoms with Crippen LogP contribution in [0.5, 0.6) is 5.75 Å². The highest BCUT2D eigenvalue weighted by molar-refractivity contribution is 5.95. The van der Waals surface area contributed by atoms with E-state index in [1.165, 1.54) is 6.07 Å². The van der Waals surface area contributed by atoms with Crippen molar-refractivity contribution in [2.24, 2.45) is 0 Å². The predicted octanol–water partition coefficient (Wildman–Crippen LogP) is 2.89. The molecule has 2 aromatic carbocycles. The Morgan fingerprint density at radius 3 is 2.70 bits per heavy atom. The van der Waals surface area contributed by atoms with Crippen molar-refractivity contribution in [2.75, 3.05) is 12.4 Å². The highest BCUT2D eigenvalue weighted by Gasteiger charge is 2.25. The number of aromatic nitrogens is 3. The summed E-state index contributed by atoms with van der Waals surface area (Å²) in [7, 11) is 1.59. The van der Waals surface area contributed by atoms with E-state index in [4.69, 9.17) is 4.74 Å². The molecule has 30 heavy (non-hydrogen) atoms. The van der Waals surface area contributed by atoms with Gasteiger partial charge < -0.3 is 15.4 Å². The highest BCUT2D eigenvalue weighted by atomic mass is 16.6. The van der Waals surface area contributed by atoms with E-state index in [0.717, 1.165) is 24.2 Å². The third-order valence-corrected chi connectivity index (χ3v) is 4.69. The molecule has 1 fully saturated rings. The van der Waals surface area contributed by atoms with Gasteiger partial charge in [-0.05, 0) is 49.2 Å². The Kier molecular flexibility index (Phi) is 5.29. The maximum Gasteiger partial charge on any atom is 0.293 e. The van der Waals surface area contributed by atoms with E-state index in [0.29, 0.717) is 17.3 Å². The van der Waals surface area contributed by atoms with Crippen LogP contribution in [0, 0.1) is 10.1 Å². The van der Waals surface area contributed by atoms with Gasteiger partial charge >= 0.3 is 0 Å². The maximum atomic E-state index is 12.5. The average molecular weight is 408 g/mol. The third kappa shape index (κ3) is 4.37. The molecule has 1 heterocycles. The number of hydrogen-bond acceptors (Lipinski definition) is 7. The molecule has 0 unspecified atom stereocenters. The van der Waals surface area contributed by atoms with E-state index in [1.807, 2.05) is 24.3 Å². The minimum Gasteiger partial charge on any atom is -0.497 e. The van der Waals surface area contributed by atoms with Gasteiger partial charge in [0.1, 0.15) is 17.3 Å². The van der Waals surface area contributed by atoms with Crippen LogP contribution in [0.2, 0.25) is 0 Å². The first-order chi connectivity index (χ1) is 14.5. The third-order valence-electron chi connectivity index (χ3n) is 4.69. The lowest BCUT2D eigenvalue weighted by atomic mass is 10.1. The van der Waals surface area contributed by atoms with E-state index >= 15 is 0 Å². The molecule has 154 valence electrons. The van der Waals surface area contributed by atoms with Crippen LogP contribution in [-0.4, -0.2) is 39.2 Å². The summed E-state index contributed by atoms with van der Waals surface area (Å²) in [6, 6.07) is 12.0. The standard InChI is InChI=1S/C20H20N6O4/c1-30-15-7-2-12(3-8-15)19-23-18(24-25-19)11-21-20(27)13-4-9-16(22-14-5-6-14)17(10-13)26(28)29/h2-4,7-10,14,22H,5-6,11H2,1H3,(H,21,27)(H,23,24,25). The summed E-state index contributed by atoms with van der Waals surface area (Å²) in [5, 5.41) is 24.1. The van der Waals surface area contributed by atoms with Crippen LogP contribution in [0.3, 0.4) is 0 Å². The molecule has 0 saturated heterocycles. The molecule has 4 rings (SSSR count). The number of rotatable bonds is 8. The van der Waals surface area contributed by atoms with Gasteiger partial charge in [-0.2, -0.15) is 5.10 Å². The fourth-order valence-corrected chi connectivity index (χ4v) is 2.90. The zero-order valence-electron chi connectivity index (χ0n) is 16.2. The first-order valence-electron chi connectivity index (χ1n) is 9.42. The van der Waals surface area contributed by atoms with Gasteiger partial charge in [-0.25, -0.2) is 4.98 Å². The quantitative estimate of drug-likeness (QED) is 0.385. The van der Waals surface area contributed by atoms with Crippen LogP contribution >= 0.6 is 0 Å². The van der Waals surface area contributed by atoms with E-state index in [9.17, 15) is 14.9 Å². The largest absolute Gasteiger partial charge is 0.497 e. The number of hydrogen-bond donors (Lipinski definition) is 3. The fourth-order valence-electron chi connectivity index (χ4n) is 2.90. The van der Waals surface area contributed by atoms with Crippen molar-refractivity contribution in [1.29, 1.82) is 0 Å². The molecule has 3 N–H and O–H groups in total. The highest BCUT2D eigenvalue weighted by Crippen LogP contribution is 2.31. The van der Waals surface area contributed by atoms with Gasteiger partial charge in [0, 0.05) is 23.2 Å². The minimum absolute atomic E-state index is 0.109. The van der Waals surface area contributed by atoms with Crippen LogP contribution in [-0.2, 0) is 6.54 Å². The summed E-state index contributed by atoms with van der Waals surface area (Å²) in [6.07, 6.45) is 1.99. The Morgan fingerprint density at radius 2 is 2.03 bits per heavy atom. The number of ether oxygens (including phenoxy) is 1. The van der Waals surface area contributed by atoms with Crippen LogP contribution in [0.15, 0.2) is 42.5 Å². The Balaban J connectivity index is 1.41. The van der Waals surface area contributed by atoms with E-state index in [1.54, 1.807) is 19.2 Å². The van der Waals surface area contributed by atoms with Gasteiger partial charge in [0.05, 0.1) is 18.6 Å². The molecule has 0 spiro atoms. The van der Waals surface area contributed by atoms with Crippen molar-refractivity contribution in [2.45, 2.75) is 25.4 Å². The monoisotopic (exact) mass is 408 g/mol. The van der Waals surface area contributed by atoms with Gasteiger partial charge in [0.15, 0.2) is 5.82 Å². The zero-order valence-corrected chi connectivity index (χ0v) is 16.2. The SMILES string of the molecule is COc1ccc(-c2n[nH]c(CNC(=O)c3ccc(NC4CC4)c([N+](=O)[O-])c3)n2)cc1. The Bertz CT molecular complexity index is 1080. The second kappa shape index (κ2) is 8.19. The van der Waals surface area contributed by atoms with Crippen molar-refractivity contribution in [3.05, 3.63) is 64.0 Å². The molecule has 1 aliphatic carbocycles. The lowest BCUT2D eigenvalue weighted by molar-refractivity contribution is -0.384. The van der Waals surface area contributed by atoms with Crippen LogP contribution in [0.1, 0.15) is 29.0 Å². The number of nitrogens with zero attached hydrogens (tertiary/aromatic N) is 3. The molecular formula is C20H20N6O4. The molecule has 0 bridgehead atoms. The smallest absolute Gasteiger partial charge is 0.293 e. The zero-order chi connectivity index (χ0) is 21.1. The van der Waals surface area contributed by atoms with E-state index in [2.05, 4.69) is 25.8 Å². The average Bonchev–Trinajstić information content (AvgIpc) is 3.45. The van der Waals surface area contributed by atoms with Crippen LogP contribution in [0.4, 0.5) is 11.4 Å². The van der Waals surface area contributed by atoms with E-state index < -0.39 is 10.8 Å². The van der Waals surface area contributed by atoms with Crippen molar-refractivity contribution >= 4 is 17.3 Å². The predicted molar refractivity (Wildman–Crippen MR) is 109 cm³/mol. The summed E-state index contributed by atoms with van der Waals surface area (Å²) < 4.78 is 5.13. The molecule has 0 aliphatic heterocycles. The van der Waals surface area contributed by atoms with Gasteiger partial charge in [0.25, 0.3) is 11.6 Å².